The van der Waals surface area contributed by atoms with E-state index in [9.17, 15) is 22.4 Å². The Labute approximate surface area is 177 Å². The first-order valence-electron chi connectivity index (χ1n) is 9.33. The van der Waals surface area contributed by atoms with Gasteiger partial charge in [-0.2, -0.15) is 13.2 Å². The van der Waals surface area contributed by atoms with Gasteiger partial charge in [0.05, 0.1) is 18.2 Å². The summed E-state index contributed by atoms with van der Waals surface area (Å²) in [5.41, 5.74) is 2.86. The van der Waals surface area contributed by atoms with Crippen molar-refractivity contribution >= 4 is 11.9 Å². The van der Waals surface area contributed by atoms with E-state index in [4.69, 9.17) is 10.5 Å². The number of hydrogen-bond acceptors (Lipinski definition) is 5. The van der Waals surface area contributed by atoms with Gasteiger partial charge in [0.1, 0.15) is 23.8 Å². The Morgan fingerprint density at radius 2 is 1.74 bits per heavy atom. The maximum atomic E-state index is 13.9. The van der Waals surface area contributed by atoms with Crippen LogP contribution in [0.15, 0.2) is 36.5 Å². The summed E-state index contributed by atoms with van der Waals surface area (Å²) in [6.45, 7) is 3.89. The van der Waals surface area contributed by atoms with Crippen molar-refractivity contribution in [3.63, 3.8) is 0 Å². The van der Waals surface area contributed by atoms with Crippen molar-refractivity contribution in [2.75, 3.05) is 19.0 Å². The minimum absolute atomic E-state index is 0.0909. The number of anilines is 1. The molecule has 2 rings (SSSR count). The van der Waals surface area contributed by atoms with Crippen molar-refractivity contribution in [3.8, 4) is 16.9 Å². The predicted octanol–water partition coefficient (Wildman–Crippen LogP) is 5.18. The molecule has 1 amide bonds. The number of methoxy groups -OCH3 is 1. The molecule has 170 valence electrons. The van der Waals surface area contributed by atoms with Crippen molar-refractivity contribution in [2.45, 2.75) is 44.6 Å². The zero-order chi connectivity index (χ0) is 23.4. The summed E-state index contributed by atoms with van der Waals surface area (Å²) in [5, 5.41) is 2.35. The Balaban J connectivity index is 2.32. The summed E-state index contributed by atoms with van der Waals surface area (Å²) in [6.07, 6.45) is -4.20. The van der Waals surface area contributed by atoms with Gasteiger partial charge in [0.2, 0.25) is 0 Å². The molecule has 0 radical (unpaired) electrons. The van der Waals surface area contributed by atoms with E-state index in [1.807, 2.05) is 0 Å². The van der Waals surface area contributed by atoms with Crippen LogP contribution < -0.4 is 15.8 Å². The third-order valence-corrected chi connectivity index (χ3v) is 4.18. The van der Waals surface area contributed by atoms with Gasteiger partial charge in [0, 0.05) is 12.6 Å². The molecule has 1 aromatic carbocycles. The van der Waals surface area contributed by atoms with Crippen LogP contribution in [0.4, 0.5) is 28.2 Å². The van der Waals surface area contributed by atoms with E-state index in [1.54, 1.807) is 0 Å². The maximum absolute atomic E-state index is 13.9. The molecule has 0 spiro atoms. The number of nitrogens with one attached hydrogen (secondary N) is 1. The fourth-order valence-electron chi connectivity index (χ4n) is 3.14. The van der Waals surface area contributed by atoms with E-state index < -0.39 is 34.8 Å². The number of rotatable bonds is 7. The van der Waals surface area contributed by atoms with Gasteiger partial charge in [-0.1, -0.05) is 6.07 Å². The third-order valence-electron chi connectivity index (χ3n) is 4.18. The number of nitrogens with two attached hydrogens (primary N) is 1. The Bertz CT molecular complexity index is 925. The molecule has 31 heavy (non-hydrogen) atoms. The molecule has 1 atom stereocenters. The van der Waals surface area contributed by atoms with Gasteiger partial charge >= 0.3 is 12.3 Å². The first kappa shape index (κ1) is 24.4. The lowest BCUT2D eigenvalue weighted by Crippen LogP contribution is -2.46. The van der Waals surface area contributed by atoms with Crippen LogP contribution >= 0.6 is 0 Å². The number of carbonyl (C=O) groups excluding carboxylic acids is 1. The second kappa shape index (κ2) is 9.09. The van der Waals surface area contributed by atoms with Gasteiger partial charge in [0.15, 0.2) is 0 Å². The highest BCUT2D eigenvalue weighted by atomic mass is 19.4. The fourth-order valence-corrected chi connectivity index (χ4v) is 3.14. The van der Waals surface area contributed by atoms with Crippen molar-refractivity contribution in [1.82, 2.24) is 4.98 Å². The normalized spacial score (nSPS) is 14.0. The summed E-state index contributed by atoms with van der Waals surface area (Å²) in [7, 11) is 1.18. The molecule has 10 heteroatoms. The number of ether oxygens (including phenoxy) is 2. The molecule has 0 bridgehead atoms. The summed E-state index contributed by atoms with van der Waals surface area (Å²) in [5.74, 6) is -0.294. The van der Waals surface area contributed by atoms with Gasteiger partial charge in [-0.25, -0.2) is 14.2 Å². The number of hydrogen-bond donors (Lipinski definition) is 2. The molecule has 3 N–H and O–H groups in total. The zero-order valence-corrected chi connectivity index (χ0v) is 17.6. The smallest absolute Gasteiger partial charge is 0.419 e. The molecule has 2 aromatic rings. The molecule has 0 fully saturated rings. The lowest BCUT2D eigenvalue weighted by Gasteiger charge is -2.30. The van der Waals surface area contributed by atoms with E-state index in [-0.39, 0.29) is 24.4 Å². The summed E-state index contributed by atoms with van der Waals surface area (Å²) < 4.78 is 64.8. The van der Waals surface area contributed by atoms with Gasteiger partial charge in [-0.05, 0) is 56.2 Å². The first-order valence-corrected chi connectivity index (χ1v) is 9.33. The lowest BCUT2D eigenvalue weighted by molar-refractivity contribution is -0.139. The van der Waals surface area contributed by atoms with Crippen molar-refractivity contribution in [2.24, 2.45) is 5.73 Å². The highest BCUT2D eigenvalue weighted by molar-refractivity contribution is 5.84. The van der Waals surface area contributed by atoms with Crippen LogP contribution in [0, 0.1) is 0 Å². The number of nitrogens with zero attached hydrogens (tertiary/aromatic N) is 1. The van der Waals surface area contributed by atoms with Crippen LogP contribution in [-0.2, 0) is 10.9 Å². The van der Waals surface area contributed by atoms with E-state index in [2.05, 4.69) is 15.0 Å². The van der Waals surface area contributed by atoms with Crippen LogP contribution in [0.3, 0.4) is 0 Å². The SMILES string of the molecule is COC(=O)Nc1cc(-c2ccc(OC[C@@](C)(N)CC(C)(C)F)c(C(F)(F)F)c2)ccn1. The average molecular weight is 443 g/mol. The molecule has 6 nitrogen and oxygen atoms in total. The van der Waals surface area contributed by atoms with E-state index >= 15 is 0 Å². The maximum Gasteiger partial charge on any atom is 0.419 e. The summed E-state index contributed by atoms with van der Waals surface area (Å²) >= 11 is 0. The monoisotopic (exact) mass is 443 g/mol. The van der Waals surface area contributed by atoms with E-state index in [1.165, 1.54) is 58.3 Å². The number of benzene rings is 1. The van der Waals surface area contributed by atoms with Crippen molar-refractivity contribution in [1.29, 1.82) is 0 Å². The number of aromatic nitrogens is 1. The Kier molecular flexibility index (Phi) is 7.15. The Morgan fingerprint density at radius 3 is 2.32 bits per heavy atom. The zero-order valence-electron chi connectivity index (χ0n) is 17.6. The van der Waals surface area contributed by atoms with Gasteiger partial charge < -0.3 is 15.2 Å². The molecule has 0 aliphatic heterocycles. The minimum atomic E-state index is -4.70. The number of alkyl halides is 4. The van der Waals surface area contributed by atoms with E-state index in [0.29, 0.717) is 5.56 Å². The second-order valence-electron chi connectivity index (χ2n) is 8.09. The van der Waals surface area contributed by atoms with Gasteiger partial charge in [0.25, 0.3) is 0 Å². The number of amides is 1. The van der Waals surface area contributed by atoms with Gasteiger partial charge in [-0.15, -0.1) is 0 Å². The molecule has 0 saturated heterocycles. The molecular weight excluding hydrogens is 418 g/mol. The van der Waals surface area contributed by atoms with Crippen LogP contribution in [0.2, 0.25) is 0 Å². The molecule has 0 aliphatic carbocycles. The molecule has 1 aromatic heterocycles. The molecule has 0 saturated carbocycles. The highest BCUT2D eigenvalue weighted by Gasteiger charge is 2.36. The molecule has 0 unspecified atom stereocenters. The Morgan fingerprint density at radius 1 is 1.10 bits per heavy atom. The van der Waals surface area contributed by atoms with Crippen LogP contribution in [0.5, 0.6) is 5.75 Å². The fraction of sp³-hybridized carbons (Fsp3) is 0.429. The second-order valence-corrected chi connectivity index (χ2v) is 8.09. The average Bonchev–Trinajstić information content (AvgIpc) is 2.64. The van der Waals surface area contributed by atoms with Crippen molar-refractivity contribution in [3.05, 3.63) is 42.1 Å². The van der Waals surface area contributed by atoms with Gasteiger partial charge in [-0.3, -0.25) is 5.32 Å². The molecular formula is C21H25F4N3O3. The first-order chi connectivity index (χ1) is 14.2. The standard InChI is InChI=1S/C21H25F4N3O3/c1-19(2,22)11-20(3,26)12-31-16-6-5-13(9-15(16)21(23,24)25)14-7-8-27-17(10-14)28-18(29)30-4/h5-10H,11-12,26H2,1-4H3,(H,27,28,29)/t20-/m0/s1. The topological polar surface area (TPSA) is 86.5 Å². The molecule has 0 aliphatic rings. The van der Waals surface area contributed by atoms with E-state index in [0.717, 1.165) is 6.07 Å². The lowest BCUT2D eigenvalue weighted by atomic mass is 9.90. The van der Waals surface area contributed by atoms with Crippen LogP contribution in [0.25, 0.3) is 11.1 Å². The minimum Gasteiger partial charge on any atom is -0.491 e. The number of carbonyl (C=O) groups is 1. The number of pyridine rings is 1. The van der Waals surface area contributed by atoms with Crippen LogP contribution in [0.1, 0.15) is 32.8 Å². The quantitative estimate of drug-likeness (QED) is 0.576. The largest absolute Gasteiger partial charge is 0.491 e. The van der Waals surface area contributed by atoms with Crippen LogP contribution in [-0.4, -0.2) is 36.0 Å². The molecule has 1 heterocycles. The summed E-state index contributed by atoms with van der Waals surface area (Å²) in [6, 6.07) is 6.46. The van der Waals surface area contributed by atoms with Crippen molar-refractivity contribution < 1.29 is 31.8 Å². The third kappa shape index (κ3) is 7.39. The Hall–Kier alpha value is -2.88. The number of halogens is 4. The highest BCUT2D eigenvalue weighted by Crippen LogP contribution is 2.39. The summed E-state index contributed by atoms with van der Waals surface area (Å²) in [4.78, 5) is 15.3. The predicted molar refractivity (Wildman–Crippen MR) is 109 cm³/mol.